The van der Waals surface area contributed by atoms with Crippen LogP contribution >= 0.6 is 0 Å². The van der Waals surface area contributed by atoms with E-state index in [1.807, 2.05) is 0 Å². The second kappa shape index (κ2) is 6.74. The van der Waals surface area contributed by atoms with Crippen molar-refractivity contribution in [1.82, 2.24) is 0 Å². The van der Waals surface area contributed by atoms with Crippen LogP contribution in [0.25, 0.3) is 0 Å². The summed E-state index contributed by atoms with van der Waals surface area (Å²) in [4.78, 5) is 0. The summed E-state index contributed by atoms with van der Waals surface area (Å²) < 4.78 is 100. The minimum atomic E-state index is -5.57. The zero-order valence-corrected chi connectivity index (χ0v) is 12.4. The van der Waals surface area contributed by atoms with E-state index in [0.29, 0.717) is 0 Å². The van der Waals surface area contributed by atoms with E-state index >= 15 is 0 Å². The number of halogens is 8. The Kier molecular flexibility index (Phi) is 6.80. The molecule has 0 spiro atoms. The molecule has 19 heavy (non-hydrogen) atoms. The van der Waals surface area contributed by atoms with Crippen molar-refractivity contribution in [2.45, 2.75) is 12.8 Å². The first-order chi connectivity index (χ1) is 8.00. The van der Waals surface area contributed by atoms with Crippen molar-refractivity contribution < 1.29 is 91.0 Å². The zero-order chi connectivity index (χ0) is 14.1. The molecule has 0 N–H and O–H groups in total. The van der Waals surface area contributed by atoms with Crippen LogP contribution in [0.1, 0.15) is 12.0 Å². The smallest absolute Gasteiger partial charge is 0.445 e. The van der Waals surface area contributed by atoms with Gasteiger partial charge in [0, 0.05) is 0 Å². The first kappa shape index (κ1) is 19.2. The van der Waals surface area contributed by atoms with Crippen LogP contribution < -0.4 is 61.6 Å². The van der Waals surface area contributed by atoms with E-state index in [1.54, 1.807) is 0 Å². The fourth-order valence-electron chi connectivity index (χ4n) is 1.16. The second-order valence-corrected chi connectivity index (χ2v) is 3.22. The minimum absolute atomic E-state index is 0. The van der Waals surface area contributed by atoms with Crippen LogP contribution in [0.4, 0.5) is 34.9 Å². The van der Waals surface area contributed by atoms with Crippen LogP contribution in [0.3, 0.4) is 0 Å². The van der Waals surface area contributed by atoms with E-state index < -0.39 is 36.5 Å². The van der Waals surface area contributed by atoms with E-state index in [4.69, 9.17) is 0 Å². The third kappa shape index (κ3) is 5.98. The van der Waals surface area contributed by atoms with Crippen molar-refractivity contribution >= 4 is 12.4 Å². The molecule has 1 nitrogen and oxygen atoms in total. The third-order valence-electron chi connectivity index (χ3n) is 1.87. The van der Waals surface area contributed by atoms with Gasteiger partial charge in [-0.1, -0.05) is 12.1 Å². The van der Waals surface area contributed by atoms with Gasteiger partial charge in [-0.15, -0.1) is 18.6 Å². The summed E-state index contributed by atoms with van der Waals surface area (Å²) in [5.74, 6) is -1.35. The molecule has 1 rings (SSSR count). The van der Waals surface area contributed by atoms with Crippen molar-refractivity contribution in [3.63, 3.8) is 0 Å². The first-order valence-electron chi connectivity index (χ1n) is 4.38. The molecule has 0 aromatic heterocycles. The normalized spacial score (nSPS) is 12.3. The van der Waals surface area contributed by atoms with Gasteiger partial charge in [-0.05, 0) is 6.07 Å². The number of alkyl halides is 5. The Hall–Kier alpha value is 0.161. The molecule has 102 valence electrons. The van der Waals surface area contributed by atoms with Crippen molar-refractivity contribution in [2.24, 2.45) is 0 Å². The molecule has 0 aliphatic carbocycles. The topological polar surface area (TPSA) is 9.23 Å². The predicted octanol–water partition coefficient (Wildman–Crippen LogP) is 0.581. The van der Waals surface area contributed by atoms with Gasteiger partial charge >= 0.3 is 64.7 Å². The second-order valence-electron chi connectivity index (χ2n) is 3.22. The molecule has 0 unspecified atom stereocenters. The molecule has 0 fully saturated rings. The van der Waals surface area contributed by atoms with Crippen LogP contribution in [0.15, 0.2) is 18.2 Å². The van der Waals surface area contributed by atoms with E-state index in [0.717, 1.165) is 0 Å². The van der Waals surface area contributed by atoms with Crippen LogP contribution in [0, 0.1) is 0 Å². The van der Waals surface area contributed by atoms with Gasteiger partial charge in [-0.25, -0.2) is 8.78 Å². The fraction of sp³-hybridized carbons (Fsp3) is 0.250. The fourth-order valence-corrected chi connectivity index (χ4v) is 1.16. The van der Waals surface area contributed by atoms with E-state index in [-0.39, 0.29) is 69.6 Å². The predicted molar refractivity (Wildman–Crippen MR) is 46.8 cm³/mol. The number of rotatable bonds is 3. The van der Waals surface area contributed by atoms with Crippen molar-refractivity contribution in [3.05, 3.63) is 23.8 Å². The van der Waals surface area contributed by atoms with Gasteiger partial charge in [0.15, 0.2) is 0 Å². The van der Waals surface area contributed by atoms with Crippen molar-refractivity contribution in [2.75, 3.05) is 0 Å². The quantitative estimate of drug-likeness (QED) is 0.585. The molecular weight excluding hydrogens is 314 g/mol. The van der Waals surface area contributed by atoms with Gasteiger partial charge in [-0.3, -0.25) is 0 Å². The minimum Gasteiger partial charge on any atom is -0.445 e. The summed E-state index contributed by atoms with van der Waals surface area (Å²) in [5.41, 5.74) is -2.87. The van der Waals surface area contributed by atoms with Crippen LogP contribution in [0.5, 0.6) is 5.75 Å². The van der Waals surface area contributed by atoms with Gasteiger partial charge in [0.05, 0.1) is 5.56 Å². The van der Waals surface area contributed by atoms with E-state index in [2.05, 4.69) is 4.74 Å². The Morgan fingerprint density at radius 2 is 1.58 bits per heavy atom. The van der Waals surface area contributed by atoms with Gasteiger partial charge < -0.3 is 17.7 Å². The van der Waals surface area contributed by atoms with Gasteiger partial charge in [0.2, 0.25) is 0 Å². The molecule has 0 aliphatic rings. The summed E-state index contributed by atoms with van der Waals surface area (Å²) in [6.07, 6.45) is -8.77. The molecule has 0 radical (unpaired) electrons. The maximum Gasteiger partial charge on any atom is 1.00 e. The molecule has 0 amide bonds. The molecule has 0 saturated heterocycles. The van der Waals surface area contributed by atoms with Gasteiger partial charge in [0.25, 0.3) is 6.43 Å². The van der Waals surface area contributed by atoms with Crippen LogP contribution in [0.2, 0.25) is 0 Å². The number of hydrogen-bond donors (Lipinski definition) is 0. The average Bonchev–Trinajstić information content (AvgIpc) is 2.13. The Balaban J connectivity index is 0.00000324. The van der Waals surface area contributed by atoms with Gasteiger partial charge in [-0.2, -0.15) is 0 Å². The summed E-state index contributed by atoms with van der Waals surface area (Å²) >= 11 is 0. The van der Waals surface area contributed by atoms with E-state index in [1.165, 1.54) is 0 Å². The summed E-state index contributed by atoms with van der Waals surface area (Å²) in [6, 6.07) is 0.429. The first-order valence-corrected chi connectivity index (χ1v) is 4.38. The third-order valence-corrected chi connectivity index (χ3v) is 1.87. The van der Waals surface area contributed by atoms with Crippen molar-refractivity contribution in [3.8, 4) is 5.75 Å². The summed E-state index contributed by atoms with van der Waals surface area (Å²) in [7, 11) is 0. The van der Waals surface area contributed by atoms with Gasteiger partial charge in [0.1, 0.15) is 5.75 Å². The molecule has 11 heteroatoms. The summed E-state index contributed by atoms with van der Waals surface area (Å²) in [6.45, 7) is -5.57. The summed E-state index contributed by atoms with van der Waals surface area (Å²) in [5, 5.41) is 0. The molecule has 0 atom stereocenters. The van der Waals surface area contributed by atoms with E-state index in [9.17, 15) is 34.9 Å². The van der Waals surface area contributed by atoms with Crippen LogP contribution in [-0.2, 0) is 0 Å². The molecular formula is C8H4BF8KO. The average molecular weight is 318 g/mol. The number of benzene rings is 1. The Morgan fingerprint density at radius 1 is 1.05 bits per heavy atom. The molecule has 0 bridgehead atoms. The largest absolute Gasteiger partial charge is 1.00 e. The van der Waals surface area contributed by atoms with Crippen LogP contribution in [-0.4, -0.2) is 13.3 Å². The molecule has 1 aromatic carbocycles. The molecule has 0 aliphatic heterocycles. The SMILES string of the molecule is FC(F)c1cc([B-](F)(F)F)ccc1OC(F)(F)F.[K+]. The molecule has 1 aromatic rings. The maximum atomic E-state index is 12.4. The monoisotopic (exact) mass is 318 g/mol. The standard InChI is InChI=1S/C8H4BF8O.K/c10-7(11)5-3-4(9(15,16)17)1-2-6(5)18-8(12,13)14;/h1-3,7H;/q-1;+1. The van der Waals surface area contributed by atoms with Crippen molar-refractivity contribution in [1.29, 1.82) is 0 Å². The zero-order valence-electron chi connectivity index (χ0n) is 9.32. The Bertz CT molecular complexity index is 430. The maximum absolute atomic E-state index is 12.4. The molecule has 0 heterocycles. The Morgan fingerprint density at radius 3 is 1.95 bits per heavy atom. The number of hydrogen-bond acceptors (Lipinski definition) is 1. The number of ether oxygens (including phenoxy) is 1. The molecule has 0 saturated carbocycles. The Labute approximate surface area is 144 Å².